The van der Waals surface area contributed by atoms with Crippen molar-refractivity contribution in [3.63, 3.8) is 0 Å². The molecule has 0 saturated carbocycles. The summed E-state index contributed by atoms with van der Waals surface area (Å²) < 4.78 is 33.8. The molecule has 10 aromatic rings. The van der Waals surface area contributed by atoms with Gasteiger partial charge in [0.1, 0.15) is 0 Å². The molecule has 8 aromatic heterocycles. The number of benzene rings is 2. The molecule has 8 heterocycles. The predicted octanol–water partition coefficient (Wildman–Crippen LogP) is 5.19. The molecule has 0 aliphatic rings. The van der Waals surface area contributed by atoms with Crippen LogP contribution in [0.15, 0.2) is 92.0 Å². The Morgan fingerprint density at radius 1 is 0.600 bits per heavy atom. The van der Waals surface area contributed by atoms with Crippen molar-refractivity contribution in [3.05, 3.63) is 112 Å². The zero-order chi connectivity index (χ0) is 32.5. The third-order valence-electron chi connectivity index (χ3n) is 7.99. The summed E-state index contributed by atoms with van der Waals surface area (Å²) in [6.07, 6.45) is 30.3. The van der Waals surface area contributed by atoms with Crippen molar-refractivity contribution in [2.75, 3.05) is 0 Å². The molecule has 14 heteroatoms. The molecular formula is C36H24N8O4Pt2-4. The average molecular weight is 1020 g/mol. The molecule has 10 rings (SSSR count). The summed E-state index contributed by atoms with van der Waals surface area (Å²) in [5.41, 5.74) is 4.72. The molecule has 0 atom stereocenters. The van der Waals surface area contributed by atoms with Gasteiger partial charge in [-0.05, 0) is 24.9 Å². The Balaban J connectivity index is 0.000000151. The zero-order valence-electron chi connectivity index (χ0n) is 26.8. The number of aryl methyl sites for hydroxylation is 4. The van der Waals surface area contributed by atoms with Crippen molar-refractivity contribution in [1.29, 1.82) is 0 Å². The predicted molar refractivity (Wildman–Crippen MR) is 170 cm³/mol. The molecule has 0 amide bonds. The van der Waals surface area contributed by atoms with E-state index in [1.54, 1.807) is 34.2 Å². The van der Waals surface area contributed by atoms with E-state index in [-0.39, 0.29) is 42.1 Å². The molecule has 0 aliphatic heterocycles. The maximum atomic E-state index is 5.72. The number of imidazole rings is 4. The second kappa shape index (κ2) is 12.9. The molecule has 0 aliphatic carbocycles. The largest absolute Gasteiger partial charge is 0.518 e. The molecule has 50 heavy (non-hydrogen) atoms. The summed E-state index contributed by atoms with van der Waals surface area (Å²) in [4.78, 5) is 8.49. The normalized spacial score (nSPS) is 11.3. The maximum Gasteiger partial charge on any atom is 0.244 e. The summed E-state index contributed by atoms with van der Waals surface area (Å²) >= 11 is 0. The SMILES string of the molecule is Cn1[c-]nc(-c2occ3cc4occ(-n5[c-][n+](C)cc5)c4[c-]c23)c1.Cn1[c-]nc(-c2occ3cc4occ(-n5[c-][n+](C)cc5)c4[c-]c23)c1.[Pt].[Pt]. The van der Waals surface area contributed by atoms with Crippen molar-refractivity contribution in [3.8, 4) is 34.3 Å². The Morgan fingerprint density at radius 3 is 1.40 bits per heavy atom. The van der Waals surface area contributed by atoms with Crippen LogP contribution in [0, 0.1) is 37.4 Å². The van der Waals surface area contributed by atoms with Crippen molar-refractivity contribution in [2.24, 2.45) is 28.2 Å². The number of nitrogens with zero attached hydrogens (tertiary/aromatic N) is 8. The number of rotatable bonds is 4. The average Bonchev–Trinajstić information content (AvgIpc) is 3.90. The van der Waals surface area contributed by atoms with Gasteiger partial charge in [-0.3, -0.25) is 0 Å². The number of hydrogen-bond acceptors (Lipinski definition) is 6. The zero-order valence-corrected chi connectivity index (χ0v) is 31.3. The van der Waals surface area contributed by atoms with Crippen LogP contribution in [0.3, 0.4) is 0 Å². The van der Waals surface area contributed by atoms with Gasteiger partial charge in [0.15, 0.2) is 0 Å². The standard InChI is InChI=1S/2C18H12N4O2.2Pt/c2*1-20-3-4-22(11-20)16-9-23-17-5-12-8-24-18(13(12)6-14(16)17)15-7-21(2)10-19-15;;/h2*3-5,7-9H,1-2H3;;/q2*-2;;. The number of fused-ring (bicyclic) bond motifs is 4. The summed E-state index contributed by atoms with van der Waals surface area (Å²) in [5.74, 6) is 1.36. The van der Waals surface area contributed by atoms with Crippen LogP contribution in [0.4, 0.5) is 0 Å². The first kappa shape index (κ1) is 33.3. The fourth-order valence-electron chi connectivity index (χ4n) is 5.71. The Bertz CT molecular complexity index is 2400. The molecule has 2 aromatic carbocycles. The van der Waals surface area contributed by atoms with E-state index in [4.69, 9.17) is 17.7 Å². The van der Waals surface area contributed by atoms with E-state index in [1.165, 1.54) is 0 Å². The Hall–Kier alpha value is -5.18. The van der Waals surface area contributed by atoms with E-state index in [9.17, 15) is 0 Å². The quantitative estimate of drug-likeness (QED) is 0.178. The second-order valence-electron chi connectivity index (χ2n) is 11.5. The van der Waals surface area contributed by atoms with E-state index in [0.717, 1.165) is 66.2 Å². The molecule has 0 fully saturated rings. The Kier molecular flexibility index (Phi) is 8.62. The van der Waals surface area contributed by atoms with Gasteiger partial charge in [-0.2, -0.15) is 0 Å². The van der Waals surface area contributed by atoms with Crippen LogP contribution in [0.5, 0.6) is 0 Å². The topological polar surface area (TPSA) is 106 Å². The van der Waals surface area contributed by atoms with Gasteiger partial charge in [0, 0.05) is 91.1 Å². The van der Waals surface area contributed by atoms with Gasteiger partial charge in [0.25, 0.3) is 0 Å². The van der Waals surface area contributed by atoms with E-state index >= 15 is 0 Å². The van der Waals surface area contributed by atoms with Gasteiger partial charge in [-0.25, -0.2) is 0 Å². The summed E-state index contributed by atoms with van der Waals surface area (Å²) in [6.45, 7) is 0. The number of furan rings is 4. The molecule has 256 valence electrons. The van der Waals surface area contributed by atoms with Crippen molar-refractivity contribution in [2.45, 2.75) is 0 Å². The minimum absolute atomic E-state index is 0. The van der Waals surface area contributed by atoms with Gasteiger partial charge >= 0.3 is 0 Å². The van der Waals surface area contributed by atoms with Crippen molar-refractivity contribution < 1.29 is 68.9 Å². The molecule has 0 N–H and O–H groups in total. The van der Waals surface area contributed by atoms with Gasteiger partial charge in [0.05, 0.1) is 61.7 Å². The van der Waals surface area contributed by atoms with E-state index in [0.29, 0.717) is 11.5 Å². The Labute approximate surface area is 313 Å². The van der Waals surface area contributed by atoms with Crippen LogP contribution < -0.4 is 9.13 Å². The molecule has 0 bridgehead atoms. The third-order valence-corrected chi connectivity index (χ3v) is 7.99. The second-order valence-corrected chi connectivity index (χ2v) is 11.5. The molecule has 12 nitrogen and oxygen atoms in total. The van der Waals surface area contributed by atoms with Gasteiger partial charge < -0.3 is 55.0 Å². The molecule has 0 unspecified atom stereocenters. The van der Waals surface area contributed by atoms with Gasteiger partial charge in [-0.1, -0.05) is 45.1 Å². The van der Waals surface area contributed by atoms with Crippen LogP contribution in [0.2, 0.25) is 0 Å². The van der Waals surface area contributed by atoms with Crippen LogP contribution >= 0.6 is 0 Å². The van der Waals surface area contributed by atoms with Crippen LogP contribution in [-0.4, -0.2) is 28.2 Å². The first-order chi connectivity index (χ1) is 23.4. The van der Waals surface area contributed by atoms with Crippen molar-refractivity contribution in [1.82, 2.24) is 28.2 Å². The maximum absolute atomic E-state index is 5.72. The third kappa shape index (κ3) is 5.68. The number of aromatic nitrogens is 8. The molecular weight excluding hydrogens is 999 g/mol. The van der Waals surface area contributed by atoms with Crippen LogP contribution in [0.25, 0.3) is 77.8 Å². The Morgan fingerprint density at radius 2 is 1.04 bits per heavy atom. The minimum Gasteiger partial charge on any atom is -0.518 e. The summed E-state index contributed by atoms with van der Waals surface area (Å²) in [6, 6.07) is 10.7. The van der Waals surface area contributed by atoms with E-state index in [1.807, 2.05) is 95.8 Å². The van der Waals surface area contributed by atoms with Crippen LogP contribution in [0.1, 0.15) is 0 Å². The monoisotopic (exact) mass is 1020 g/mol. The fourth-order valence-corrected chi connectivity index (χ4v) is 5.71. The van der Waals surface area contributed by atoms with E-state index < -0.39 is 0 Å². The summed E-state index contributed by atoms with van der Waals surface area (Å²) in [5, 5.41) is 5.33. The van der Waals surface area contributed by atoms with Gasteiger partial charge in [-0.15, -0.1) is 24.5 Å². The first-order valence-electron chi connectivity index (χ1n) is 14.8. The molecule has 0 radical (unpaired) electrons. The summed E-state index contributed by atoms with van der Waals surface area (Å²) in [7, 11) is 7.60. The first-order valence-corrected chi connectivity index (χ1v) is 14.8. The van der Waals surface area contributed by atoms with Gasteiger partial charge in [0.2, 0.25) is 12.7 Å². The minimum atomic E-state index is 0. The van der Waals surface area contributed by atoms with Crippen molar-refractivity contribution >= 4 is 43.5 Å². The molecule has 0 saturated heterocycles. The number of hydrogen-bond donors (Lipinski definition) is 0. The molecule has 0 spiro atoms. The van der Waals surface area contributed by atoms with E-state index in [2.05, 4.69) is 47.4 Å². The fraction of sp³-hybridized carbons (Fsp3) is 0.111. The smallest absolute Gasteiger partial charge is 0.244 e. The van der Waals surface area contributed by atoms with Crippen LogP contribution in [-0.2, 0) is 70.3 Å².